The third-order valence-electron chi connectivity index (χ3n) is 2.93. The number of amides is 1. The van der Waals surface area contributed by atoms with E-state index in [4.69, 9.17) is 11.6 Å². The van der Waals surface area contributed by atoms with Gasteiger partial charge in [-0.1, -0.05) is 17.7 Å². The van der Waals surface area contributed by atoms with Crippen molar-refractivity contribution >= 4 is 51.6 Å². The molecule has 110 valence electrons. The Balaban J connectivity index is 1.98. The Morgan fingerprint density at radius 3 is 2.71 bits per heavy atom. The van der Waals surface area contributed by atoms with E-state index in [9.17, 15) is 4.79 Å². The number of benzene rings is 1. The highest BCUT2D eigenvalue weighted by atomic mass is 127. The molecule has 0 saturated heterocycles. The first kappa shape index (κ1) is 16.0. The van der Waals surface area contributed by atoms with Crippen molar-refractivity contribution in [2.45, 2.75) is 19.9 Å². The van der Waals surface area contributed by atoms with E-state index in [1.165, 1.54) is 11.8 Å². The third-order valence-corrected chi connectivity index (χ3v) is 4.31. The van der Waals surface area contributed by atoms with Gasteiger partial charge in [-0.2, -0.15) is 0 Å². The van der Waals surface area contributed by atoms with Crippen LogP contribution in [0, 0.1) is 10.5 Å². The van der Waals surface area contributed by atoms with Crippen molar-refractivity contribution in [2.24, 2.45) is 0 Å². The molecule has 2 rings (SSSR count). The van der Waals surface area contributed by atoms with Gasteiger partial charge in [0.05, 0.1) is 5.02 Å². The van der Waals surface area contributed by atoms with Gasteiger partial charge in [-0.05, 0) is 66.3 Å². The number of aromatic nitrogens is 1. The minimum absolute atomic E-state index is 0.152. The molecule has 0 fully saturated rings. The van der Waals surface area contributed by atoms with Gasteiger partial charge < -0.3 is 10.6 Å². The van der Waals surface area contributed by atoms with Crippen LogP contribution in [-0.4, -0.2) is 16.9 Å². The van der Waals surface area contributed by atoms with Crippen LogP contribution in [0.2, 0.25) is 5.02 Å². The summed E-state index contributed by atoms with van der Waals surface area (Å²) in [6.07, 6.45) is 1.50. The Morgan fingerprint density at radius 2 is 2.10 bits per heavy atom. The molecule has 6 heteroatoms. The van der Waals surface area contributed by atoms with Crippen molar-refractivity contribution in [3.05, 3.63) is 50.7 Å². The van der Waals surface area contributed by atoms with Gasteiger partial charge >= 0.3 is 0 Å². The molecule has 1 aromatic heterocycles. The number of nitrogens with zero attached hydrogens (tertiary/aromatic N) is 1. The lowest BCUT2D eigenvalue weighted by Crippen LogP contribution is -2.32. The molecule has 0 aliphatic rings. The normalized spacial score (nSPS) is 11.8. The Morgan fingerprint density at radius 1 is 1.33 bits per heavy atom. The summed E-state index contributed by atoms with van der Waals surface area (Å²) in [6.45, 7) is 3.85. The van der Waals surface area contributed by atoms with E-state index < -0.39 is 0 Å². The van der Waals surface area contributed by atoms with E-state index in [1.807, 2.05) is 25.1 Å². The Hall–Kier alpha value is -1.34. The number of rotatable bonds is 4. The number of hydrogen-bond donors (Lipinski definition) is 2. The van der Waals surface area contributed by atoms with Crippen LogP contribution in [0.4, 0.5) is 11.5 Å². The number of aryl methyl sites for hydroxylation is 1. The van der Waals surface area contributed by atoms with Crippen molar-refractivity contribution in [3.63, 3.8) is 0 Å². The maximum absolute atomic E-state index is 12.1. The minimum atomic E-state index is -0.374. The molecular formula is C15H15ClIN3O. The summed E-state index contributed by atoms with van der Waals surface area (Å²) in [4.78, 5) is 16.1. The van der Waals surface area contributed by atoms with E-state index in [0.717, 1.165) is 9.26 Å². The summed E-state index contributed by atoms with van der Waals surface area (Å²) in [5, 5.41) is 6.45. The van der Waals surface area contributed by atoms with Crippen LogP contribution < -0.4 is 10.6 Å². The number of carbonyl (C=O) groups is 1. The average molecular weight is 416 g/mol. The lowest BCUT2D eigenvalue weighted by Gasteiger charge is -2.15. The van der Waals surface area contributed by atoms with Gasteiger partial charge in [-0.15, -0.1) is 0 Å². The molecule has 0 radical (unpaired) electrons. The molecule has 1 amide bonds. The van der Waals surface area contributed by atoms with Crippen molar-refractivity contribution in [2.75, 3.05) is 10.6 Å². The molecule has 0 unspecified atom stereocenters. The van der Waals surface area contributed by atoms with Gasteiger partial charge in [-0.3, -0.25) is 4.79 Å². The second-order valence-electron chi connectivity index (χ2n) is 4.68. The van der Waals surface area contributed by atoms with Crippen molar-refractivity contribution in [3.8, 4) is 0 Å². The van der Waals surface area contributed by atoms with Crippen molar-refractivity contribution < 1.29 is 4.79 Å². The van der Waals surface area contributed by atoms with Gasteiger partial charge in [0.15, 0.2) is 0 Å². The van der Waals surface area contributed by atoms with Gasteiger partial charge in [0.2, 0.25) is 5.91 Å². The molecule has 1 heterocycles. The maximum Gasteiger partial charge on any atom is 0.247 e. The SMILES string of the molecule is Cc1ccc(N[C@H](C)C(=O)Nc2ccc(Cl)cn2)cc1I. The van der Waals surface area contributed by atoms with Crippen LogP contribution >= 0.6 is 34.2 Å². The van der Waals surface area contributed by atoms with Crippen molar-refractivity contribution in [1.29, 1.82) is 0 Å². The van der Waals surface area contributed by atoms with Crippen LogP contribution in [-0.2, 0) is 4.79 Å². The molecule has 2 N–H and O–H groups in total. The first-order chi connectivity index (χ1) is 9.95. The van der Waals surface area contributed by atoms with E-state index in [0.29, 0.717) is 10.8 Å². The molecule has 21 heavy (non-hydrogen) atoms. The van der Waals surface area contributed by atoms with Crippen LogP contribution in [0.5, 0.6) is 0 Å². The lowest BCUT2D eigenvalue weighted by molar-refractivity contribution is -0.116. The maximum atomic E-state index is 12.1. The quantitative estimate of drug-likeness (QED) is 0.740. The Labute approximate surface area is 142 Å². The predicted molar refractivity (Wildman–Crippen MR) is 94.9 cm³/mol. The number of halogens is 2. The fourth-order valence-electron chi connectivity index (χ4n) is 1.68. The fraction of sp³-hybridized carbons (Fsp3) is 0.200. The fourth-order valence-corrected chi connectivity index (χ4v) is 2.31. The predicted octanol–water partition coefficient (Wildman–Crippen LogP) is 4.09. The highest BCUT2D eigenvalue weighted by molar-refractivity contribution is 14.1. The summed E-state index contributed by atoms with van der Waals surface area (Å²) in [5.41, 5.74) is 2.13. The zero-order chi connectivity index (χ0) is 15.4. The molecule has 1 aromatic carbocycles. The van der Waals surface area contributed by atoms with Crippen molar-refractivity contribution in [1.82, 2.24) is 4.98 Å². The van der Waals surface area contributed by atoms with Gasteiger partial charge in [0.1, 0.15) is 11.9 Å². The summed E-state index contributed by atoms with van der Waals surface area (Å²) < 4.78 is 1.16. The van der Waals surface area contributed by atoms with E-state index in [-0.39, 0.29) is 11.9 Å². The zero-order valence-electron chi connectivity index (χ0n) is 11.7. The molecule has 4 nitrogen and oxygen atoms in total. The number of carbonyl (C=O) groups excluding carboxylic acids is 1. The molecule has 0 aliphatic carbocycles. The van der Waals surface area contributed by atoms with Crippen LogP contribution in [0.1, 0.15) is 12.5 Å². The van der Waals surface area contributed by atoms with Crippen LogP contribution in [0.3, 0.4) is 0 Å². The molecular weight excluding hydrogens is 401 g/mol. The topological polar surface area (TPSA) is 54.0 Å². The highest BCUT2D eigenvalue weighted by Gasteiger charge is 2.13. The first-order valence-corrected chi connectivity index (χ1v) is 7.86. The second kappa shape index (κ2) is 7.09. The van der Waals surface area contributed by atoms with Gasteiger partial charge in [0.25, 0.3) is 0 Å². The van der Waals surface area contributed by atoms with Crippen LogP contribution in [0.15, 0.2) is 36.5 Å². The van der Waals surface area contributed by atoms with E-state index in [1.54, 1.807) is 19.1 Å². The molecule has 1 atom stereocenters. The summed E-state index contributed by atoms with van der Waals surface area (Å²) in [5.74, 6) is 0.331. The number of anilines is 2. The molecule has 0 saturated carbocycles. The largest absolute Gasteiger partial charge is 0.374 e. The smallest absolute Gasteiger partial charge is 0.247 e. The Kier molecular flexibility index (Phi) is 5.41. The van der Waals surface area contributed by atoms with Gasteiger partial charge in [-0.25, -0.2) is 4.98 Å². The van der Waals surface area contributed by atoms with E-state index >= 15 is 0 Å². The number of hydrogen-bond acceptors (Lipinski definition) is 3. The van der Waals surface area contributed by atoms with Crippen LogP contribution in [0.25, 0.3) is 0 Å². The third kappa shape index (κ3) is 4.57. The average Bonchev–Trinajstić information content (AvgIpc) is 2.45. The minimum Gasteiger partial charge on any atom is -0.374 e. The number of pyridine rings is 1. The highest BCUT2D eigenvalue weighted by Crippen LogP contribution is 2.18. The molecule has 2 aromatic rings. The summed E-state index contributed by atoms with van der Waals surface area (Å²) in [7, 11) is 0. The van der Waals surface area contributed by atoms with Gasteiger partial charge in [0, 0.05) is 15.5 Å². The second-order valence-corrected chi connectivity index (χ2v) is 6.28. The lowest BCUT2D eigenvalue weighted by atomic mass is 10.2. The molecule has 0 bridgehead atoms. The monoisotopic (exact) mass is 415 g/mol. The summed E-state index contributed by atoms with van der Waals surface area (Å²) >= 11 is 8.03. The zero-order valence-corrected chi connectivity index (χ0v) is 14.6. The number of nitrogens with one attached hydrogen (secondary N) is 2. The molecule has 0 aliphatic heterocycles. The first-order valence-electron chi connectivity index (χ1n) is 6.41. The summed E-state index contributed by atoms with van der Waals surface area (Å²) in [6, 6.07) is 8.98. The standard InChI is InChI=1S/C15H15ClIN3O/c1-9-3-5-12(7-13(9)17)19-10(2)15(21)20-14-6-4-11(16)8-18-14/h3-8,10,19H,1-2H3,(H,18,20,21)/t10-/m1/s1. The molecule has 0 spiro atoms. The van der Waals surface area contributed by atoms with E-state index in [2.05, 4.69) is 38.2 Å². The Bertz CT molecular complexity index is 646.